The van der Waals surface area contributed by atoms with Gasteiger partial charge in [-0.25, -0.2) is 4.79 Å². The molecule has 0 saturated heterocycles. The third-order valence-corrected chi connectivity index (χ3v) is 0. The summed E-state index contributed by atoms with van der Waals surface area (Å²) in [5.41, 5.74) is 0. The molecule has 0 amide bonds. The van der Waals surface area contributed by atoms with E-state index in [0.717, 1.165) is 0 Å². The minimum absolute atomic E-state index is 0. The van der Waals surface area contributed by atoms with Crippen LogP contribution in [0.25, 0.3) is 6.15 Å². The Labute approximate surface area is 47.5 Å². The first-order valence-corrected chi connectivity index (χ1v) is 0.651. The van der Waals surface area contributed by atoms with Crippen LogP contribution in [0.3, 0.4) is 0 Å². The van der Waals surface area contributed by atoms with Gasteiger partial charge in [0.25, 0.3) is 0 Å². The molecule has 5 heteroatoms. The first kappa shape index (κ1) is 16.9. The van der Waals surface area contributed by atoms with Gasteiger partial charge in [0.1, 0.15) is 0 Å². The Bertz CT molecular complexity index is 33.8. The van der Waals surface area contributed by atoms with Gasteiger partial charge in [0.15, 0.2) is 0 Å². The van der Waals surface area contributed by atoms with Gasteiger partial charge in [-0.05, 0) is 0 Å². The summed E-state index contributed by atoms with van der Waals surface area (Å²) in [6, 6.07) is 0. The first-order chi connectivity index (χ1) is 1.73. The summed E-state index contributed by atoms with van der Waals surface area (Å²) in [5.74, 6) is 0. The Morgan fingerprint density at radius 2 is 1.33 bits per heavy atom. The smallest absolute Gasteiger partial charge is 0.503 e. The standard InChI is InChI=1S/CH2O3.H2N.Zn/c2-1(3)4;;/h(H2,2,3,4);1H2;/q;-1;. The fourth-order valence-corrected chi connectivity index (χ4v) is 0. The van der Waals surface area contributed by atoms with Gasteiger partial charge in [-0.15, -0.1) is 0 Å². The van der Waals surface area contributed by atoms with Gasteiger partial charge in [0.2, 0.25) is 0 Å². The second-order valence-corrected chi connectivity index (χ2v) is 0.283. The van der Waals surface area contributed by atoms with Crippen LogP contribution in [-0.4, -0.2) is 16.4 Å². The Balaban J connectivity index is -0.0000000450. The number of carboxylic acid groups (broad SMARTS) is 2. The van der Waals surface area contributed by atoms with E-state index in [0.29, 0.717) is 0 Å². The van der Waals surface area contributed by atoms with Crippen LogP contribution in [-0.2, 0) is 19.5 Å². The normalized spacial score (nSPS) is 4.00. The van der Waals surface area contributed by atoms with Crippen LogP contribution in [0.15, 0.2) is 0 Å². The van der Waals surface area contributed by atoms with Gasteiger partial charge in [-0.2, -0.15) is 0 Å². The van der Waals surface area contributed by atoms with E-state index in [1.165, 1.54) is 0 Å². The quantitative estimate of drug-likeness (QED) is 0.494. The van der Waals surface area contributed by atoms with Crippen molar-refractivity contribution in [2.75, 3.05) is 0 Å². The molecule has 34 valence electrons. The van der Waals surface area contributed by atoms with Crippen LogP contribution in [0.4, 0.5) is 4.79 Å². The molecule has 0 atom stereocenters. The summed E-state index contributed by atoms with van der Waals surface area (Å²) < 4.78 is 0. The van der Waals surface area contributed by atoms with Crippen molar-refractivity contribution in [3.63, 3.8) is 0 Å². The second-order valence-electron chi connectivity index (χ2n) is 0.283. The monoisotopic (exact) mass is 142 g/mol. The fraction of sp³-hybridized carbons (Fsp3) is 0. The van der Waals surface area contributed by atoms with E-state index in [9.17, 15) is 0 Å². The van der Waals surface area contributed by atoms with E-state index >= 15 is 0 Å². The summed E-state index contributed by atoms with van der Waals surface area (Å²) >= 11 is 0. The Morgan fingerprint density at radius 3 is 1.33 bits per heavy atom. The number of hydrogen-bond acceptors (Lipinski definition) is 1. The molecule has 0 radical (unpaired) electrons. The number of carbonyl (C=O) groups is 1. The molecule has 0 aliphatic carbocycles. The molecule has 4 nitrogen and oxygen atoms in total. The molecular weight excluding hydrogens is 139 g/mol. The van der Waals surface area contributed by atoms with Crippen LogP contribution in [0.1, 0.15) is 0 Å². The summed E-state index contributed by atoms with van der Waals surface area (Å²) in [6.07, 6.45) is -1.83. The zero-order valence-corrected chi connectivity index (χ0v) is 6.05. The molecule has 0 aromatic heterocycles. The molecule has 0 aliphatic heterocycles. The molecule has 0 aromatic rings. The largest absolute Gasteiger partial charge is 0.693 e. The third kappa shape index (κ3) is 1460. The van der Waals surface area contributed by atoms with E-state index in [-0.39, 0.29) is 25.6 Å². The minimum Gasteiger partial charge on any atom is -0.693 e. The molecule has 0 aliphatic rings. The predicted octanol–water partition coefficient (Wildman–Crippen LogP) is 0.937. The van der Waals surface area contributed by atoms with Crippen molar-refractivity contribution < 1.29 is 34.5 Å². The van der Waals surface area contributed by atoms with Crippen LogP contribution in [0.5, 0.6) is 0 Å². The van der Waals surface area contributed by atoms with Crippen molar-refractivity contribution in [3.8, 4) is 0 Å². The fourth-order valence-electron chi connectivity index (χ4n) is 0. The Hall–Kier alpha value is -0.147. The SMILES string of the molecule is O=C(O)O.[NH2-].[Zn]. The molecule has 0 bridgehead atoms. The van der Waals surface area contributed by atoms with E-state index in [1.807, 2.05) is 0 Å². The average molecular weight is 143 g/mol. The van der Waals surface area contributed by atoms with E-state index in [2.05, 4.69) is 0 Å². The van der Waals surface area contributed by atoms with Crippen LogP contribution >= 0.6 is 0 Å². The molecule has 6 heavy (non-hydrogen) atoms. The summed E-state index contributed by atoms with van der Waals surface area (Å²) in [7, 11) is 0. The van der Waals surface area contributed by atoms with Crippen molar-refractivity contribution in [2.24, 2.45) is 0 Å². The number of rotatable bonds is 0. The summed E-state index contributed by atoms with van der Waals surface area (Å²) in [4.78, 5) is 8.56. The molecule has 0 unspecified atom stereocenters. The van der Waals surface area contributed by atoms with Crippen LogP contribution < -0.4 is 0 Å². The van der Waals surface area contributed by atoms with Gasteiger partial charge in [0.05, 0.1) is 0 Å². The molecule has 0 rings (SSSR count). The van der Waals surface area contributed by atoms with Crippen LogP contribution in [0.2, 0.25) is 0 Å². The summed E-state index contributed by atoms with van der Waals surface area (Å²) in [5, 5.41) is 13.9. The minimum atomic E-state index is -1.83. The van der Waals surface area contributed by atoms with Gasteiger partial charge >= 0.3 is 6.16 Å². The van der Waals surface area contributed by atoms with Crippen molar-refractivity contribution in [1.29, 1.82) is 0 Å². The molecule has 0 spiro atoms. The van der Waals surface area contributed by atoms with Gasteiger partial charge in [-0.3, -0.25) is 0 Å². The maximum absolute atomic E-state index is 8.56. The maximum atomic E-state index is 8.56. The van der Waals surface area contributed by atoms with Gasteiger partial charge in [0, 0.05) is 19.5 Å². The molecule has 0 heterocycles. The first-order valence-electron chi connectivity index (χ1n) is 0.651. The van der Waals surface area contributed by atoms with Gasteiger partial charge < -0.3 is 16.4 Å². The molecule has 0 fully saturated rings. The Kier molecular flexibility index (Phi) is 25.0. The number of hydrogen-bond donors (Lipinski definition) is 2. The zero-order chi connectivity index (χ0) is 3.58. The average Bonchev–Trinajstić information content (AvgIpc) is 0.811. The van der Waals surface area contributed by atoms with Crippen molar-refractivity contribution in [2.45, 2.75) is 0 Å². The topological polar surface area (TPSA) is 91.0 Å². The van der Waals surface area contributed by atoms with Gasteiger partial charge in [-0.1, -0.05) is 0 Å². The van der Waals surface area contributed by atoms with Crippen molar-refractivity contribution in [1.82, 2.24) is 0 Å². The van der Waals surface area contributed by atoms with Crippen molar-refractivity contribution in [3.05, 3.63) is 6.15 Å². The summed E-state index contributed by atoms with van der Waals surface area (Å²) in [6.45, 7) is 0. The molecular formula is CH4NO3Zn-. The van der Waals surface area contributed by atoms with E-state index < -0.39 is 6.16 Å². The zero-order valence-electron chi connectivity index (χ0n) is 3.09. The third-order valence-electron chi connectivity index (χ3n) is 0. The van der Waals surface area contributed by atoms with E-state index in [4.69, 9.17) is 15.0 Å². The predicted molar refractivity (Wildman–Crippen MR) is 15.9 cm³/mol. The Morgan fingerprint density at radius 1 is 1.33 bits per heavy atom. The van der Waals surface area contributed by atoms with Crippen LogP contribution in [0, 0.1) is 0 Å². The maximum Gasteiger partial charge on any atom is 0.503 e. The van der Waals surface area contributed by atoms with E-state index in [1.54, 1.807) is 0 Å². The van der Waals surface area contributed by atoms with Crippen molar-refractivity contribution >= 4 is 6.16 Å². The second kappa shape index (κ2) is 8.85. The molecule has 0 saturated carbocycles. The molecule has 4 N–H and O–H groups in total. The number of nitrogens with two attached hydrogens (primary N) is 1. The molecule has 0 aromatic carbocycles.